The van der Waals surface area contributed by atoms with Gasteiger partial charge in [0, 0.05) is 11.6 Å². The van der Waals surface area contributed by atoms with Crippen LogP contribution < -0.4 is 0 Å². The highest BCUT2D eigenvalue weighted by atomic mass is 19.4. The minimum absolute atomic E-state index is 0.101. The molecule has 1 radical (unpaired) electrons. The molecule has 0 amide bonds. The fourth-order valence-electron chi connectivity index (χ4n) is 3.48. The number of benzene rings is 3. The maximum absolute atomic E-state index is 15.1. The molecule has 0 heterocycles. The molecule has 0 saturated heterocycles. The highest BCUT2D eigenvalue weighted by molar-refractivity contribution is 5.72. The Hall–Kier alpha value is -2.96. The third-order valence-electron chi connectivity index (χ3n) is 5.06. The van der Waals surface area contributed by atoms with E-state index in [-0.39, 0.29) is 29.5 Å². The monoisotopic (exact) mass is 437 g/mol. The third-order valence-corrected chi connectivity index (χ3v) is 5.06. The van der Waals surface area contributed by atoms with E-state index < -0.39 is 34.9 Å². The number of rotatable bonds is 6. The molecule has 0 aliphatic rings. The van der Waals surface area contributed by atoms with Crippen LogP contribution in [-0.2, 0) is 30.5 Å². The van der Waals surface area contributed by atoms with Crippen molar-refractivity contribution in [3.63, 3.8) is 0 Å². The van der Waals surface area contributed by atoms with Crippen LogP contribution in [0.3, 0.4) is 0 Å². The molecule has 0 spiro atoms. The molecule has 0 fully saturated rings. The summed E-state index contributed by atoms with van der Waals surface area (Å²) in [5.74, 6) is -4.31. The second-order valence-corrected chi connectivity index (χ2v) is 7.28. The summed E-state index contributed by atoms with van der Waals surface area (Å²) < 4.78 is 81.2. The lowest BCUT2D eigenvalue weighted by molar-refractivity contribution is -0.140. The molecule has 7 heteroatoms. The van der Waals surface area contributed by atoms with Crippen LogP contribution in [0.5, 0.6) is 5.75 Å². The van der Waals surface area contributed by atoms with E-state index in [0.29, 0.717) is 23.8 Å². The van der Waals surface area contributed by atoms with Crippen LogP contribution >= 0.6 is 0 Å². The van der Waals surface area contributed by atoms with Crippen molar-refractivity contribution in [1.29, 1.82) is 0 Å². The standard InChI is InChI=1S/C24H19F6O/c1-2-3-14-4-8-16(9-5-14)22-21(31)13-19(25)17(23(22)27)10-6-15-7-11-18(20(26)12-15)24(28,29)30/h4-5,7-9,11-13H,2-3,6,10H2,1H3. The van der Waals surface area contributed by atoms with Crippen molar-refractivity contribution in [1.82, 2.24) is 0 Å². The Morgan fingerprint density at radius 2 is 1.42 bits per heavy atom. The van der Waals surface area contributed by atoms with Crippen LogP contribution in [0.25, 0.3) is 11.1 Å². The molecule has 31 heavy (non-hydrogen) atoms. The Kier molecular flexibility index (Phi) is 6.62. The molecule has 3 aromatic rings. The number of halogens is 6. The molecule has 0 saturated carbocycles. The Balaban J connectivity index is 1.89. The molecule has 0 aromatic heterocycles. The summed E-state index contributed by atoms with van der Waals surface area (Å²) in [7, 11) is 0. The Bertz CT molecular complexity index is 1070. The zero-order valence-corrected chi connectivity index (χ0v) is 16.6. The van der Waals surface area contributed by atoms with E-state index in [0.717, 1.165) is 24.5 Å². The second kappa shape index (κ2) is 9.04. The summed E-state index contributed by atoms with van der Waals surface area (Å²) in [6.07, 6.45) is -3.43. The molecule has 0 aliphatic heterocycles. The summed E-state index contributed by atoms with van der Waals surface area (Å²) in [6, 6.07) is 9.79. The van der Waals surface area contributed by atoms with Gasteiger partial charge in [-0.2, -0.15) is 13.2 Å². The minimum Gasteiger partial charge on any atom is -0.289 e. The van der Waals surface area contributed by atoms with Crippen molar-refractivity contribution >= 4 is 0 Å². The van der Waals surface area contributed by atoms with Gasteiger partial charge in [-0.1, -0.05) is 43.7 Å². The fraction of sp³-hybridized carbons (Fsp3) is 0.250. The minimum atomic E-state index is -4.83. The van der Waals surface area contributed by atoms with Crippen molar-refractivity contribution in [2.45, 2.75) is 38.8 Å². The molecule has 0 unspecified atom stereocenters. The van der Waals surface area contributed by atoms with E-state index in [1.807, 2.05) is 6.92 Å². The first-order chi connectivity index (χ1) is 14.6. The largest absolute Gasteiger partial charge is 0.419 e. The summed E-state index contributed by atoms with van der Waals surface area (Å²) >= 11 is 0. The first-order valence-electron chi connectivity index (χ1n) is 9.74. The maximum Gasteiger partial charge on any atom is 0.419 e. The quantitative estimate of drug-likeness (QED) is 0.353. The molecule has 0 N–H and O–H groups in total. The van der Waals surface area contributed by atoms with Crippen LogP contribution in [0.4, 0.5) is 26.3 Å². The smallest absolute Gasteiger partial charge is 0.289 e. The number of hydrogen-bond acceptors (Lipinski definition) is 0. The SMILES string of the molecule is CCCc1ccc(-c2c([O])cc(F)c(CCc3ccc(C(F)(F)F)c(F)c3)c2F)cc1. The van der Waals surface area contributed by atoms with Gasteiger partial charge < -0.3 is 0 Å². The van der Waals surface area contributed by atoms with Crippen molar-refractivity contribution < 1.29 is 31.4 Å². The van der Waals surface area contributed by atoms with E-state index >= 15 is 4.39 Å². The zero-order valence-electron chi connectivity index (χ0n) is 16.6. The Morgan fingerprint density at radius 1 is 0.774 bits per heavy atom. The van der Waals surface area contributed by atoms with Gasteiger partial charge in [0.05, 0.1) is 11.1 Å². The Morgan fingerprint density at radius 3 is 2.00 bits per heavy atom. The summed E-state index contributed by atoms with van der Waals surface area (Å²) in [5.41, 5.74) is -0.556. The summed E-state index contributed by atoms with van der Waals surface area (Å²) in [6.45, 7) is 2.01. The van der Waals surface area contributed by atoms with Crippen LogP contribution in [0.2, 0.25) is 0 Å². The topological polar surface area (TPSA) is 19.9 Å². The highest BCUT2D eigenvalue weighted by Gasteiger charge is 2.33. The molecular formula is C24H19F6O. The molecule has 163 valence electrons. The van der Waals surface area contributed by atoms with Gasteiger partial charge in [0.15, 0.2) is 5.75 Å². The van der Waals surface area contributed by atoms with Crippen molar-refractivity contribution in [2.75, 3.05) is 0 Å². The summed E-state index contributed by atoms with van der Waals surface area (Å²) in [5, 5.41) is 12.2. The predicted octanol–water partition coefficient (Wildman–Crippen LogP) is 7.67. The highest BCUT2D eigenvalue weighted by Crippen LogP contribution is 2.37. The van der Waals surface area contributed by atoms with Gasteiger partial charge in [-0.15, -0.1) is 0 Å². The van der Waals surface area contributed by atoms with E-state index in [1.54, 1.807) is 24.3 Å². The molecule has 3 rings (SSSR count). The van der Waals surface area contributed by atoms with Gasteiger partial charge in [-0.3, -0.25) is 5.11 Å². The van der Waals surface area contributed by atoms with Crippen LogP contribution in [0.15, 0.2) is 48.5 Å². The fourth-order valence-corrected chi connectivity index (χ4v) is 3.48. The Labute approximate surface area is 176 Å². The van der Waals surface area contributed by atoms with Crippen LogP contribution in [-0.4, -0.2) is 0 Å². The summed E-state index contributed by atoms with van der Waals surface area (Å²) in [4.78, 5) is 0. The van der Waals surface area contributed by atoms with Crippen molar-refractivity contribution in [3.8, 4) is 16.9 Å². The van der Waals surface area contributed by atoms with E-state index in [4.69, 9.17) is 0 Å². The van der Waals surface area contributed by atoms with E-state index in [1.165, 1.54) is 0 Å². The lowest BCUT2D eigenvalue weighted by Crippen LogP contribution is -2.08. The predicted molar refractivity (Wildman–Crippen MR) is 105 cm³/mol. The third kappa shape index (κ3) is 5.03. The van der Waals surface area contributed by atoms with Crippen molar-refractivity contribution in [3.05, 3.63) is 88.2 Å². The maximum atomic E-state index is 15.1. The molecule has 0 bridgehead atoms. The van der Waals surface area contributed by atoms with Gasteiger partial charge in [-0.05, 0) is 48.1 Å². The average Bonchev–Trinajstić information content (AvgIpc) is 2.68. The van der Waals surface area contributed by atoms with Crippen LogP contribution in [0, 0.1) is 17.5 Å². The number of hydrogen-bond donors (Lipinski definition) is 0. The van der Waals surface area contributed by atoms with E-state index in [9.17, 15) is 27.1 Å². The van der Waals surface area contributed by atoms with Gasteiger partial charge in [0.1, 0.15) is 17.5 Å². The van der Waals surface area contributed by atoms with Crippen LogP contribution in [0.1, 0.15) is 35.6 Å². The lowest BCUT2D eigenvalue weighted by Gasteiger charge is -2.13. The number of aryl methyl sites for hydroxylation is 2. The van der Waals surface area contributed by atoms with Gasteiger partial charge in [-0.25, -0.2) is 13.2 Å². The molecule has 3 aromatic carbocycles. The molecule has 0 atom stereocenters. The van der Waals surface area contributed by atoms with Gasteiger partial charge >= 0.3 is 6.18 Å². The molecular weight excluding hydrogens is 418 g/mol. The van der Waals surface area contributed by atoms with E-state index in [2.05, 4.69) is 0 Å². The van der Waals surface area contributed by atoms with Gasteiger partial charge in [0.25, 0.3) is 0 Å². The molecule has 1 nitrogen and oxygen atoms in total. The zero-order chi connectivity index (χ0) is 22.8. The first-order valence-corrected chi connectivity index (χ1v) is 9.74. The first kappa shape index (κ1) is 22.7. The molecule has 0 aliphatic carbocycles. The van der Waals surface area contributed by atoms with Crippen molar-refractivity contribution in [2.24, 2.45) is 0 Å². The number of alkyl halides is 3. The van der Waals surface area contributed by atoms with Gasteiger partial charge in [0.2, 0.25) is 0 Å². The lowest BCUT2D eigenvalue weighted by atomic mass is 9.95. The second-order valence-electron chi connectivity index (χ2n) is 7.28. The normalized spacial score (nSPS) is 11.7. The average molecular weight is 437 g/mol.